The number of hydrogen-bond acceptors (Lipinski definition) is 5. The van der Waals surface area contributed by atoms with Crippen molar-refractivity contribution >= 4 is 22.7 Å². The number of piperidine rings is 1. The fourth-order valence-electron chi connectivity index (χ4n) is 3.11. The molecule has 0 saturated carbocycles. The van der Waals surface area contributed by atoms with Gasteiger partial charge in [-0.1, -0.05) is 0 Å². The average molecular weight is 313 g/mol. The van der Waals surface area contributed by atoms with Crippen molar-refractivity contribution in [3.63, 3.8) is 0 Å². The second-order valence-corrected chi connectivity index (χ2v) is 5.78. The lowest BCUT2D eigenvalue weighted by Crippen LogP contribution is -2.42. The number of H-pyrrole nitrogens is 1. The fraction of sp³-hybridized carbons (Fsp3) is 0.438. The van der Waals surface area contributed by atoms with Gasteiger partial charge in [0, 0.05) is 43.3 Å². The normalized spacial score (nSPS) is 18.7. The number of anilines is 1. The van der Waals surface area contributed by atoms with Crippen molar-refractivity contribution < 1.29 is 9.90 Å². The van der Waals surface area contributed by atoms with Crippen LogP contribution >= 0.6 is 0 Å². The van der Waals surface area contributed by atoms with Crippen LogP contribution in [0.4, 0.5) is 5.69 Å². The van der Waals surface area contributed by atoms with E-state index in [0.717, 1.165) is 37.9 Å². The molecule has 0 bridgehead atoms. The Bertz CT molecular complexity index is 748. The van der Waals surface area contributed by atoms with Crippen molar-refractivity contribution in [2.24, 2.45) is 0 Å². The summed E-state index contributed by atoms with van der Waals surface area (Å²) in [6, 6.07) is 4.18. The Morgan fingerprint density at radius 2 is 2.48 bits per heavy atom. The summed E-state index contributed by atoms with van der Waals surface area (Å²) in [5.41, 5.74) is 1.48. The molecular weight excluding hydrogens is 294 g/mol. The van der Waals surface area contributed by atoms with Crippen molar-refractivity contribution in [2.75, 3.05) is 25.0 Å². The molecule has 120 valence electrons. The van der Waals surface area contributed by atoms with E-state index in [1.165, 1.54) is 6.20 Å². The number of likely N-dealkylation sites (tertiary alicyclic amines) is 1. The first-order valence-corrected chi connectivity index (χ1v) is 7.74. The molecule has 3 rings (SSSR count). The number of aromatic amines is 1. The molecule has 23 heavy (non-hydrogen) atoms. The van der Waals surface area contributed by atoms with Crippen LogP contribution in [0.2, 0.25) is 0 Å². The number of fused-ring (bicyclic) bond motifs is 1. The van der Waals surface area contributed by atoms with E-state index in [-0.39, 0.29) is 11.6 Å². The highest BCUT2D eigenvalue weighted by Crippen LogP contribution is 2.27. The lowest BCUT2D eigenvalue weighted by atomic mass is 10.0. The number of pyridine rings is 1. The number of aromatic nitrogens is 2. The second-order valence-electron chi connectivity index (χ2n) is 5.78. The number of hydrogen-bond donors (Lipinski definition) is 3. The van der Waals surface area contributed by atoms with E-state index >= 15 is 0 Å². The molecule has 3 heterocycles. The van der Waals surface area contributed by atoms with Gasteiger partial charge in [0.1, 0.15) is 11.2 Å². The summed E-state index contributed by atoms with van der Waals surface area (Å²) in [5.74, 6) is -0.986. The first-order chi connectivity index (χ1) is 11.2. The summed E-state index contributed by atoms with van der Waals surface area (Å²) in [6.45, 7) is 2.56. The second kappa shape index (κ2) is 6.67. The Hall–Kier alpha value is -2.59. The average Bonchev–Trinajstić information content (AvgIpc) is 3.02. The van der Waals surface area contributed by atoms with Gasteiger partial charge in [0.05, 0.1) is 11.8 Å². The zero-order valence-corrected chi connectivity index (χ0v) is 12.7. The Labute approximate surface area is 133 Å². The fourth-order valence-corrected chi connectivity index (χ4v) is 3.11. The van der Waals surface area contributed by atoms with Gasteiger partial charge in [-0.3, -0.25) is 0 Å². The Morgan fingerprint density at radius 1 is 1.61 bits per heavy atom. The number of nitrogens with zero attached hydrogens (tertiary/aromatic N) is 3. The predicted molar refractivity (Wildman–Crippen MR) is 86.4 cm³/mol. The number of aromatic carboxylic acids is 1. The van der Waals surface area contributed by atoms with Gasteiger partial charge in [-0.05, 0) is 25.5 Å². The quantitative estimate of drug-likeness (QED) is 0.780. The molecule has 7 nitrogen and oxygen atoms in total. The van der Waals surface area contributed by atoms with Crippen LogP contribution in [0.15, 0.2) is 18.5 Å². The first-order valence-electron chi connectivity index (χ1n) is 7.74. The Balaban J connectivity index is 1.83. The zero-order valence-electron chi connectivity index (χ0n) is 12.7. The Morgan fingerprint density at radius 3 is 3.26 bits per heavy atom. The smallest absolute Gasteiger partial charge is 0.339 e. The van der Waals surface area contributed by atoms with Crippen molar-refractivity contribution in [3.05, 3.63) is 24.0 Å². The number of rotatable bonds is 5. The van der Waals surface area contributed by atoms with Crippen LogP contribution in [0.3, 0.4) is 0 Å². The van der Waals surface area contributed by atoms with Gasteiger partial charge >= 0.3 is 5.97 Å². The minimum absolute atomic E-state index is 0.168. The molecule has 0 aromatic carbocycles. The van der Waals surface area contributed by atoms with Crippen LogP contribution in [-0.4, -0.2) is 51.6 Å². The van der Waals surface area contributed by atoms with Gasteiger partial charge in [0.25, 0.3) is 0 Å². The van der Waals surface area contributed by atoms with Crippen LogP contribution in [-0.2, 0) is 0 Å². The zero-order chi connectivity index (χ0) is 16.2. The minimum Gasteiger partial charge on any atom is -0.478 e. The largest absolute Gasteiger partial charge is 0.478 e. The molecule has 1 aliphatic rings. The van der Waals surface area contributed by atoms with Gasteiger partial charge in [0.2, 0.25) is 0 Å². The van der Waals surface area contributed by atoms with Gasteiger partial charge < -0.3 is 20.3 Å². The minimum atomic E-state index is -0.986. The van der Waals surface area contributed by atoms with Crippen molar-refractivity contribution in [3.8, 4) is 6.07 Å². The summed E-state index contributed by atoms with van der Waals surface area (Å²) in [5, 5.41) is 22.3. The van der Waals surface area contributed by atoms with E-state index < -0.39 is 5.97 Å². The van der Waals surface area contributed by atoms with Crippen LogP contribution in [0.25, 0.3) is 11.0 Å². The molecule has 0 spiro atoms. The molecule has 0 unspecified atom stereocenters. The highest BCUT2D eigenvalue weighted by atomic mass is 16.4. The van der Waals surface area contributed by atoms with E-state index in [4.69, 9.17) is 5.26 Å². The molecule has 1 atom stereocenters. The van der Waals surface area contributed by atoms with E-state index in [0.29, 0.717) is 17.8 Å². The summed E-state index contributed by atoms with van der Waals surface area (Å²) < 4.78 is 0. The van der Waals surface area contributed by atoms with Gasteiger partial charge in [-0.15, -0.1) is 0 Å². The van der Waals surface area contributed by atoms with E-state index in [1.807, 2.05) is 6.07 Å². The molecule has 0 aliphatic carbocycles. The Kier molecular flexibility index (Phi) is 4.44. The molecule has 1 saturated heterocycles. The summed E-state index contributed by atoms with van der Waals surface area (Å²) in [6.07, 6.45) is 5.68. The summed E-state index contributed by atoms with van der Waals surface area (Å²) >= 11 is 0. The first kappa shape index (κ1) is 15.3. The molecule has 1 aliphatic heterocycles. The van der Waals surface area contributed by atoms with Crippen molar-refractivity contribution in [1.82, 2.24) is 14.9 Å². The highest BCUT2D eigenvalue weighted by molar-refractivity contribution is 6.03. The molecule has 7 heteroatoms. The third-order valence-electron chi connectivity index (χ3n) is 4.21. The molecular formula is C16H19N5O2. The van der Waals surface area contributed by atoms with Crippen molar-refractivity contribution in [1.29, 1.82) is 5.26 Å². The van der Waals surface area contributed by atoms with Crippen molar-refractivity contribution in [2.45, 2.75) is 25.3 Å². The molecule has 2 aromatic heterocycles. The van der Waals surface area contributed by atoms with E-state index in [1.54, 1.807) is 6.20 Å². The lowest BCUT2D eigenvalue weighted by Gasteiger charge is -2.33. The molecule has 1 fully saturated rings. The number of nitriles is 1. The third kappa shape index (κ3) is 3.27. The van der Waals surface area contributed by atoms with E-state index in [9.17, 15) is 9.90 Å². The standard InChI is InChI=1S/C16H19N5O2/c17-5-2-8-21-7-1-3-11(10-21)20-14-12-4-6-18-15(12)19-9-13(14)16(22)23/h4,6,9,11H,1-3,7-8,10H2,(H,22,23)(H2,18,19,20)/t11-/m1/s1. The van der Waals surface area contributed by atoms with Gasteiger partial charge in [-0.2, -0.15) is 5.26 Å². The molecule has 2 aromatic rings. The SMILES string of the molecule is N#CCCN1CCC[C@@H](Nc2c(C(=O)O)cnc3[nH]ccc23)C1. The maximum absolute atomic E-state index is 11.5. The van der Waals surface area contributed by atoms with Gasteiger partial charge in [-0.25, -0.2) is 9.78 Å². The monoisotopic (exact) mass is 313 g/mol. The number of carbonyl (C=O) groups is 1. The maximum Gasteiger partial charge on any atom is 0.339 e. The molecule has 0 radical (unpaired) electrons. The topological polar surface area (TPSA) is 105 Å². The number of carboxylic acid groups (broad SMARTS) is 1. The van der Waals surface area contributed by atoms with Crippen LogP contribution in [0.5, 0.6) is 0 Å². The number of carboxylic acids is 1. The van der Waals surface area contributed by atoms with E-state index in [2.05, 4.69) is 26.3 Å². The number of nitrogens with one attached hydrogen (secondary N) is 2. The molecule has 0 amide bonds. The third-order valence-corrected chi connectivity index (χ3v) is 4.21. The summed E-state index contributed by atoms with van der Waals surface area (Å²) in [7, 11) is 0. The van der Waals surface area contributed by atoms with Crippen LogP contribution < -0.4 is 5.32 Å². The highest BCUT2D eigenvalue weighted by Gasteiger charge is 2.23. The van der Waals surface area contributed by atoms with Crippen LogP contribution in [0.1, 0.15) is 29.6 Å². The maximum atomic E-state index is 11.5. The summed E-state index contributed by atoms with van der Waals surface area (Å²) in [4.78, 5) is 20.9. The predicted octanol–water partition coefficient (Wildman–Crippen LogP) is 2.05. The van der Waals surface area contributed by atoms with Gasteiger partial charge in [0.15, 0.2) is 0 Å². The van der Waals surface area contributed by atoms with Crippen LogP contribution in [0, 0.1) is 11.3 Å². The molecule has 3 N–H and O–H groups in total. The lowest BCUT2D eigenvalue weighted by molar-refractivity contribution is 0.0697.